The monoisotopic (exact) mass is 433 g/mol. The summed E-state index contributed by atoms with van der Waals surface area (Å²) in [6, 6.07) is 15.8. The third kappa shape index (κ3) is 5.95. The van der Waals surface area contributed by atoms with Gasteiger partial charge in [0.15, 0.2) is 15.6 Å². The number of carbonyl (C=O) groups excluding carboxylic acids is 1. The quantitative estimate of drug-likeness (QED) is 0.402. The molecule has 3 rings (SSSR count). The Bertz CT molecular complexity index is 1050. The first-order valence-electron chi connectivity index (χ1n) is 8.96. The molecule has 0 saturated carbocycles. The highest BCUT2D eigenvalue weighted by Crippen LogP contribution is 2.20. The van der Waals surface area contributed by atoms with E-state index in [-0.39, 0.29) is 22.2 Å². The normalized spacial score (nSPS) is 11.3. The Labute approximate surface area is 173 Å². The van der Waals surface area contributed by atoms with Crippen LogP contribution in [0, 0.1) is 5.82 Å². The van der Waals surface area contributed by atoms with Gasteiger partial charge in [0.05, 0.1) is 16.9 Å². The van der Waals surface area contributed by atoms with Crippen molar-refractivity contribution in [1.29, 1.82) is 0 Å². The predicted octanol–water partition coefficient (Wildman–Crippen LogP) is 4.30. The smallest absolute Gasteiger partial charge is 0.287 e. The van der Waals surface area contributed by atoms with Gasteiger partial charge in [0.1, 0.15) is 5.82 Å². The summed E-state index contributed by atoms with van der Waals surface area (Å²) in [7, 11) is -3.57. The third-order valence-corrected chi connectivity index (χ3v) is 6.87. The van der Waals surface area contributed by atoms with Crippen LogP contribution in [0.5, 0.6) is 0 Å². The molecule has 0 aliphatic heterocycles. The molecule has 0 saturated heterocycles. The molecule has 5 nitrogen and oxygen atoms in total. The summed E-state index contributed by atoms with van der Waals surface area (Å²) in [5.74, 6) is -0.267. The Hall–Kier alpha value is -2.58. The van der Waals surface area contributed by atoms with Crippen LogP contribution in [0.1, 0.15) is 22.5 Å². The molecular weight excluding hydrogens is 413 g/mol. The van der Waals surface area contributed by atoms with Crippen molar-refractivity contribution >= 4 is 27.5 Å². The molecule has 29 heavy (non-hydrogen) atoms. The van der Waals surface area contributed by atoms with E-state index in [1.165, 1.54) is 36.6 Å². The molecular formula is C21H20FNO4S2. The van der Waals surface area contributed by atoms with Crippen LogP contribution in [0.15, 0.2) is 81.1 Å². The Balaban J connectivity index is 1.50. The van der Waals surface area contributed by atoms with Crippen molar-refractivity contribution in [3.63, 3.8) is 0 Å². The summed E-state index contributed by atoms with van der Waals surface area (Å²) < 4.78 is 43.2. The van der Waals surface area contributed by atoms with Crippen LogP contribution in [0.3, 0.4) is 0 Å². The van der Waals surface area contributed by atoms with Crippen molar-refractivity contribution in [2.24, 2.45) is 0 Å². The molecule has 1 aromatic heterocycles. The maximum atomic E-state index is 12.9. The number of hydrogen-bond acceptors (Lipinski definition) is 5. The Morgan fingerprint density at radius 2 is 1.76 bits per heavy atom. The van der Waals surface area contributed by atoms with Crippen LogP contribution >= 0.6 is 11.8 Å². The molecule has 0 aliphatic carbocycles. The van der Waals surface area contributed by atoms with E-state index in [0.29, 0.717) is 18.5 Å². The maximum absolute atomic E-state index is 12.9. The molecule has 3 aromatic rings. The van der Waals surface area contributed by atoms with Gasteiger partial charge in [-0.25, -0.2) is 12.8 Å². The minimum absolute atomic E-state index is 0.00990. The van der Waals surface area contributed by atoms with Crippen molar-refractivity contribution in [3.05, 3.63) is 84.1 Å². The van der Waals surface area contributed by atoms with Crippen molar-refractivity contribution in [2.45, 2.75) is 22.0 Å². The van der Waals surface area contributed by atoms with E-state index in [4.69, 9.17) is 4.42 Å². The van der Waals surface area contributed by atoms with E-state index in [1.54, 1.807) is 42.1 Å². The van der Waals surface area contributed by atoms with Gasteiger partial charge >= 0.3 is 0 Å². The molecule has 0 bridgehead atoms. The lowest BCUT2D eigenvalue weighted by Crippen LogP contribution is -2.25. The second kappa shape index (κ2) is 9.76. The molecule has 2 aromatic carbocycles. The fourth-order valence-electron chi connectivity index (χ4n) is 2.64. The third-order valence-electron chi connectivity index (χ3n) is 4.09. The maximum Gasteiger partial charge on any atom is 0.287 e. The van der Waals surface area contributed by atoms with Crippen molar-refractivity contribution < 1.29 is 22.0 Å². The van der Waals surface area contributed by atoms with Gasteiger partial charge in [-0.3, -0.25) is 4.79 Å². The molecule has 1 N–H and O–H groups in total. The Kier molecular flexibility index (Phi) is 7.11. The number of halogens is 1. The van der Waals surface area contributed by atoms with Gasteiger partial charge in [0.2, 0.25) is 0 Å². The van der Waals surface area contributed by atoms with Gasteiger partial charge in [-0.1, -0.05) is 18.2 Å². The van der Waals surface area contributed by atoms with Gasteiger partial charge in [-0.2, -0.15) is 0 Å². The average molecular weight is 434 g/mol. The van der Waals surface area contributed by atoms with Crippen LogP contribution in [-0.4, -0.2) is 26.6 Å². The first-order chi connectivity index (χ1) is 14.0. The minimum atomic E-state index is -3.57. The summed E-state index contributed by atoms with van der Waals surface area (Å²) in [6.45, 7) is 0.415. The van der Waals surface area contributed by atoms with Crippen LogP contribution in [-0.2, 0) is 15.6 Å². The fourth-order valence-corrected chi connectivity index (χ4v) is 4.87. The lowest BCUT2D eigenvalue weighted by molar-refractivity contribution is 0.0925. The molecule has 0 aliphatic rings. The van der Waals surface area contributed by atoms with Gasteiger partial charge in [0, 0.05) is 17.0 Å². The number of carbonyl (C=O) groups is 1. The number of nitrogens with one attached hydrogen (secondary N) is 1. The SMILES string of the molecule is O=C(NCCCSc1ccc(F)cc1)c1occc1CS(=O)(=O)c1ccccc1. The van der Waals surface area contributed by atoms with Gasteiger partial charge < -0.3 is 9.73 Å². The Morgan fingerprint density at radius 1 is 1.03 bits per heavy atom. The van der Waals surface area contributed by atoms with Crippen LogP contribution in [0.4, 0.5) is 4.39 Å². The van der Waals surface area contributed by atoms with Gasteiger partial charge in [0.25, 0.3) is 5.91 Å². The fraction of sp³-hybridized carbons (Fsp3) is 0.190. The van der Waals surface area contributed by atoms with Crippen molar-refractivity contribution in [3.8, 4) is 0 Å². The van der Waals surface area contributed by atoms with E-state index in [1.807, 2.05) is 0 Å². The van der Waals surface area contributed by atoms with Crippen molar-refractivity contribution in [2.75, 3.05) is 12.3 Å². The number of furan rings is 1. The summed E-state index contributed by atoms with van der Waals surface area (Å²) in [4.78, 5) is 13.5. The van der Waals surface area contributed by atoms with Crippen molar-refractivity contribution in [1.82, 2.24) is 5.32 Å². The number of sulfone groups is 1. The zero-order valence-electron chi connectivity index (χ0n) is 15.5. The first-order valence-corrected chi connectivity index (χ1v) is 11.6. The van der Waals surface area contributed by atoms with E-state index in [0.717, 1.165) is 10.6 Å². The van der Waals surface area contributed by atoms with Gasteiger partial charge in [-0.15, -0.1) is 11.8 Å². The first kappa shape index (κ1) is 21.1. The van der Waals surface area contributed by atoms with Crippen LogP contribution < -0.4 is 5.32 Å². The zero-order valence-corrected chi connectivity index (χ0v) is 17.1. The van der Waals surface area contributed by atoms with E-state index in [9.17, 15) is 17.6 Å². The second-order valence-electron chi connectivity index (χ2n) is 6.26. The molecule has 1 amide bonds. The molecule has 0 spiro atoms. The van der Waals surface area contributed by atoms with E-state index >= 15 is 0 Å². The number of rotatable bonds is 9. The highest BCUT2D eigenvalue weighted by atomic mass is 32.2. The summed E-state index contributed by atoms with van der Waals surface area (Å²) in [5, 5.41) is 2.75. The molecule has 1 heterocycles. The lowest BCUT2D eigenvalue weighted by atomic mass is 10.2. The number of amides is 1. The zero-order chi connectivity index (χ0) is 20.7. The lowest BCUT2D eigenvalue weighted by Gasteiger charge is -2.07. The minimum Gasteiger partial charge on any atom is -0.459 e. The van der Waals surface area contributed by atoms with E-state index < -0.39 is 15.7 Å². The largest absolute Gasteiger partial charge is 0.459 e. The predicted molar refractivity (Wildman–Crippen MR) is 110 cm³/mol. The average Bonchev–Trinajstić information content (AvgIpc) is 3.17. The second-order valence-corrected chi connectivity index (χ2v) is 9.42. The number of benzene rings is 2. The highest BCUT2D eigenvalue weighted by molar-refractivity contribution is 7.99. The number of thioether (sulfide) groups is 1. The molecule has 0 unspecified atom stereocenters. The van der Waals surface area contributed by atoms with Gasteiger partial charge in [-0.05, 0) is 54.6 Å². The molecule has 0 radical (unpaired) electrons. The number of hydrogen-bond donors (Lipinski definition) is 1. The summed E-state index contributed by atoms with van der Waals surface area (Å²) in [5.41, 5.74) is 0.326. The molecule has 8 heteroatoms. The standard InChI is InChI=1S/C21H20FNO4S2/c22-17-7-9-18(10-8-17)28-14-4-12-23-21(24)20-16(11-13-27-20)15-29(25,26)19-5-2-1-3-6-19/h1-3,5-11,13H,4,12,14-15H2,(H,23,24). The topological polar surface area (TPSA) is 76.4 Å². The Morgan fingerprint density at radius 3 is 2.48 bits per heavy atom. The van der Waals surface area contributed by atoms with Crippen LogP contribution in [0.25, 0.3) is 0 Å². The molecule has 0 atom stereocenters. The summed E-state index contributed by atoms with van der Waals surface area (Å²) >= 11 is 1.57. The summed E-state index contributed by atoms with van der Waals surface area (Å²) in [6.07, 6.45) is 2.02. The van der Waals surface area contributed by atoms with E-state index in [2.05, 4.69) is 5.32 Å². The van der Waals surface area contributed by atoms with Crippen LogP contribution in [0.2, 0.25) is 0 Å². The molecule has 152 valence electrons. The molecule has 0 fully saturated rings. The highest BCUT2D eigenvalue weighted by Gasteiger charge is 2.22.